The largest absolute Gasteiger partial charge is 0.411 e. The van der Waals surface area contributed by atoms with Gasteiger partial charge in [0.1, 0.15) is 0 Å². The fourth-order valence-corrected chi connectivity index (χ4v) is 1.26. The van der Waals surface area contributed by atoms with E-state index in [9.17, 15) is 0 Å². The van der Waals surface area contributed by atoms with Crippen LogP contribution in [0.5, 0.6) is 0 Å². The van der Waals surface area contributed by atoms with Crippen molar-refractivity contribution in [1.82, 2.24) is 0 Å². The minimum absolute atomic E-state index is 0.175. The molecule has 0 aliphatic rings. The van der Waals surface area contributed by atoms with E-state index in [4.69, 9.17) is 10.3 Å². The van der Waals surface area contributed by atoms with Crippen molar-refractivity contribution in [1.29, 1.82) is 0 Å². The number of aliphatic hydroxyl groups excluding tert-OH is 1. The molecule has 0 bridgehead atoms. The molecular weight excluding hydrogens is 166 g/mol. The fraction of sp³-hybridized carbons (Fsp3) is 0.900. The summed E-state index contributed by atoms with van der Waals surface area (Å²) in [5.41, 5.74) is 0.824. The van der Waals surface area contributed by atoms with Gasteiger partial charge in [-0.2, -0.15) is 0 Å². The molecule has 0 saturated heterocycles. The summed E-state index contributed by atoms with van der Waals surface area (Å²) >= 11 is 0. The normalized spacial score (nSPS) is 12.0. The molecule has 0 aliphatic heterocycles. The molecule has 0 heterocycles. The first-order valence-corrected chi connectivity index (χ1v) is 5.15. The number of oxime groups is 1. The van der Waals surface area contributed by atoms with E-state index in [-0.39, 0.29) is 6.61 Å². The topological polar surface area (TPSA) is 52.8 Å². The third kappa shape index (κ3) is 7.78. The van der Waals surface area contributed by atoms with Crippen LogP contribution in [0, 0.1) is 0 Å². The second kappa shape index (κ2) is 9.52. The van der Waals surface area contributed by atoms with Gasteiger partial charge in [0.2, 0.25) is 0 Å². The zero-order valence-electron chi connectivity index (χ0n) is 8.50. The Labute approximate surface area is 80.5 Å². The van der Waals surface area contributed by atoms with E-state index < -0.39 is 0 Å². The van der Waals surface area contributed by atoms with Gasteiger partial charge in [-0.1, -0.05) is 31.3 Å². The standard InChI is InChI=1S/C10H21NO2/c1-2-3-4-5-7-10(11-13)8-6-9-12/h12-13H,2-9H2,1H3. The van der Waals surface area contributed by atoms with E-state index in [1.54, 1.807) is 0 Å². The van der Waals surface area contributed by atoms with Gasteiger partial charge in [0.25, 0.3) is 0 Å². The summed E-state index contributed by atoms with van der Waals surface area (Å²) in [7, 11) is 0. The zero-order valence-corrected chi connectivity index (χ0v) is 8.50. The molecule has 3 heteroatoms. The van der Waals surface area contributed by atoms with E-state index in [0.717, 1.165) is 25.0 Å². The van der Waals surface area contributed by atoms with Gasteiger partial charge in [0, 0.05) is 6.61 Å². The van der Waals surface area contributed by atoms with Crippen LogP contribution in [-0.2, 0) is 0 Å². The van der Waals surface area contributed by atoms with Gasteiger partial charge in [-0.3, -0.25) is 0 Å². The lowest BCUT2D eigenvalue weighted by Gasteiger charge is -2.02. The van der Waals surface area contributed by atoms with Gasteiger partial charge in [0.05, 0.1) is 5.71 Å². The van der Waals surface area contributed by atoms with Crippen molar-refractivity contribution in [3.63, 3.8) is 0 Å². The van der Waals surface area contributed by atoms with E-state index in [1.807, 2.05) is 0 Å². The van der Waals surface area contributed by atoms with E-state index in [1.165, 1.54) is 19.3 Å². The molecule has 0 atom stereocenters. The maximum Gasteiger partial charge on any atom is 0.0571 e. The fourth-order valence-electron chi connectivity index (χ4n) is 1.26. The molecule has 0 aliphatic carbocycles. The van der Waals surface area contributed by atoms with Crippen LogP contribution in [-0.4, -0.2) is 22.6 Å². The first-order valence-electron chi connectivity index (χ1n) is 5.15. The van der Waals surface area contributed by atoms with Crippen molar-refractivity contribution in [2.45, 2.75) is 51.9 Å². The first-order chi connectivity index (χ1) is 6.35. The third-order valence-electron chi connectivity index (χ3n) is 2.08. The summed E-state index contributed by atoms with van der Waals surface area (Å²) in [6.07, 6.45) is 7.07. The second-order valence-electron chi connectivity index (χ2n) is 3.30. The Morgan fingerprint density at radius 3 is 2.31 bits per heavy atom. The van der Waals surface area contributed by atoms with Crippen LogP contribution in [0.4, 0.5) is 0 Å². The molecular formula is C10H21NO2. The Morgan fingerprint density at radius 2 is 1.77 bits per heavy atom. The maximum atomic E-state index is 8.62. The minimum atomic E-state index is 0.175. The van der Waals surface area contributed by atoms with Gasteiger partial charge < -0.3 is 10.3 Å². The van der Waals surface area contributed by atoms with E-state index >= 15 is 0 Å². The molecule has 0 aromatic rings. The molecule has 0 radical (unpaired) electrons. The summed E-state index contributed by atoms with van der Waals surface area (Å²) in [5.74, 6) is 0. The molecule has 0 saturated carbocycles. The summed E-state index contributed by atoms with van der Waals surface area (Å²) in [6, 6.07) is 0. The highest BCUT2D eigenvalue weighted by molar-refractivity contribution is 5.83. The average molecular weight is 187 g/mol. The monoisotopic (exact) mass is 187 g/mol. The third-order valence-corrected chi connectivity index (χ3v) is 2.08. The van der Waals surface area contributed by atoms with Crippen LogP contribution in [0.3, 0.4) is 0 Å². The van der Waals surface area contributed by atoms with E-state index in [0.29, 0.717) is 6.42 Å². The molecule has 0 aromatic heterocycles. The lowest BCUT2D eigenvalue weighted by Crippen LogP contribution is -2.00. The number of nitrogens with zero attached hydrogens (tertiary/aromatic N) is 1. The molecule has 0 spiro atoms. The highest BCUT2D eigenvalue weighted by Crippen LogP contribution is 2.06. The van der Waals surface area contributed by atoms with Gasteiger partial charge in [-0.05, 0) is 25.7 Å². The molecule has 0 fully saturated rings. The SMILES string of the molecule is CCCCCCC(CCCO)=NO. The number of rotatable bonds is 8. The van der Waals surface area contributed by atoms with Gasteiger partial charge in [-0.15, -0.1) is 0 Å². The predicted molar refractivity (Wildman–Crippen MR) is 54.3 cm³/mol. The maximum absolute atomic E-state index is 8.62. The van der Waals surface area contributed by atoms with Crippen molar-refractivity contribution in [3.05, 3.63) is 0 Å². The van der Waals surface area contributed by atoms with Gasteiger partial charge in [-0.25, -0.2) is 0 Å². The average Bonchev–Trinajstić information content (AvgIpc) is 2.17. The van der Waals surface area contributed by atoms with Gasteiger partial charge in [0.15, 0.2) is 0 Å². The molecule has 0 rings (SSSR count). The minimum Gasteiger partial charge on any atom is -0.411 e. The zero-order chi connectivity index (χ0) is 9.94. The quantitative estimate of drug-likeness (QED) is 0.265. The van der Waals surface area contributed by atoms with Crippen molar-refractivity contribution in [2.75, 3.05) is 6.61 Å². The summed E-state index contributed by atoms with van der Waals surface area (Å²) in [4.78, 5) is 0. The molecule has 2 N–H and O–H groups in total. The molecule has 0 unspecified atom stereocenters. The second-order valence-corrected chi connectivity index (χ2v) is 3.30. The van der Waals surface area contributed by atoms with Crippen LogP contribution >= 0.6 is 0 Å². The Kier molecular flexibility index (Phi) is 9.10. The molecule has 0 aromatic carbocycles. The molecule has 13 heavy (non-hydrogen) atoms. The van der Waals surface area contributed by atoms with Crippen molar-refractivity contribution in [2.24, 2.45) is 5.16 Å². The number of aliphatic hydroxyl groups is 1. The Morgan fingerprint density at radius 1 is 1.08 bits per heavy atom. The lowest BCUT2D eigenvalue weighted by molar-refractivity contribution is 0.287. The summed E-state index contributed by atoms with van der Waals surface area (Å²) in [6.45, 7) is 2.35. The van der Waals surface area contributed by atoms with Crippen LogP contribution in [0.2, 0.25) is 0 Å². The predicted octanol–water partition coefficient (Wildman–Crippen LogP) is 2.56. The Balaban J connectivity index is 3.38. The Hall–Kier alpha value is -0.570. The van der Waals surface area contributed by atoms with E-state index in [2.05, 4.69) is 12.1 Å². The van der Waals surface area contributed by atoms with Crippen LogP contribution < -0.4 is 0 Å². The highest BCUT2D eigenvalue weighted by Gasteiger charge is 1.99. The Bertz CT molecular complexity index is 135. The molecule has 3 nitrogen and oxygen atoms in total. The van der Waals surface area contributed by atoms with Crippen molar-refractivity contribution >= 4 is 5.71 Å². The highest BCUT2D eigenvalue weighted by atomic mass is 16.4. The van der Waals surface area contributed by atoms with Crippen LogP contribution in [0.25, 0.3) is 0 Å². The van der Waals surface area contributed by atoms with Crippen LogP contribution in [0.1, 0.15) is 51.9 Å². The van der Waals surface area contributed by atoms with Gasteiger partial charge >= 0.3 is 0 Å². The van der Waals surface area contributed by atoms with Crippen molar-refractivity contribution in [3.8, 4) is 0 Å². The first kappa shape index (κ1) is 12.4. The number of hydrogen-bond acceptors (Lipinski definition) is 3. The van der Waals surface area contributed by atoms with Crippen molar-refractivity contribution < 1.29 is 10.3 Å². The van der Waals surface area contributed by atoms with Crippen LogP contribution in [0.15, 0.2) is 5.16 Å². The smallest absolute Gasteiger partial charge is 0.0571 e. The molecule has 78 valence electrons. The number of unbranched alkanes of at least 4 members (excludes halogenated alkanes) is 3. The summed E-state index contributed by atoms with van der Waals surface area (Å²) in [5, 5.41) is 20.4. The summed E-state index contributed by atoms with van der Waals surface area (Å²) < 4.78 is 0. The lowest BCUT2D eigenvalue weighted by atomic mass is 10.1. The molecule has 0 amide bonds. The number of hydrogen-bond donors (Lipinski definition) is 2.